The Hall–Kier alpha value is -8.97. The van der Waals surface area contributed by atoms with Gasteiger partial charge in [0.1, 0.15) is 22.8 Å². The molecule has 3 aromatic carbocycles. The van der Waals surface area contributed by atoms with Gasteiger partial charge in [-0.2, -0.15) is 0 Å². The standard InChI is InChI=1S/C89H132N8O17/c1-21-68(57(4)5)82(107)96-45-33-41-71(96)74(100)47-60(34-31-32-44-91-84(110)114-88(18,19)20)78(103)95-77(58(6)7)75(101)50-63(54-112-86(12,13)14)80(105)92-59(8)72(98)49-62(53-111-85(9,10)11)81(106)94-70(73(99)48-61(46-56(2)3)79(104)93-69(83(108)109)42-43-76(102)113-87(15,16)17)51-67-52-90-55-97(67)89(64-35-25-22-26-36-64,65-37-27-23-28-38-65)66-39-29-24-30-40-66/h22-30,35-40,52,55-63,68-71,77H,21,31-34,41-51,53-54H2,1-20H3,(H,91,110)(H,92,105)(H,93,104)(H,94,106)(H,95,103)(H,108,109)/t59-,60+,61+,62-,63-,68-,69-,70-,71-,77-/m0/s1. The van der Waals surface area contributed by atoms with E-state index in [-0.39, 0.29) is 87.7 Å². The van der Waals surface area contributed by atoms with Gasteiger partial charge >= 0.3 is 18.0 Å². The SMILES string of the molecule is CC[C@H](C(=O)N1CCC[C@H]1C(=O)C[C@@H](CCCCNC(=O)OC(C)(C)C)C(=O)N[C@H](C(=O)C[C@@H](COC(C)(C)C)C(=O)N[C@@H](C)C(=O)C[C@@H](COC(C)(C)C)C(=O)N[C@@H](Cc1cncn1C(c1ccccc1)(c1ccccc1)c1ccccc1)C(=O)C[C@@H](CC(C)C)C(=O)N[C@@H](CCC(=O)OC(C)(C)C)C(=O)O)C(C)C)C(C)C. The molecule has 25 heteroatoms. The van der Waals surface area contributed by atoms with Gasteiger partial charge in [-0.1, -0.05) is 146 Å². The molecule has 1 aliphatic rings. The molecule has 0 bridgehead atoms. The number of alkyl carbamates (subject to hydrolysis) is 1. The van der Waals surface area contributed by atoms with Crippen LogP contribution in [0.25, 0.3) is 0 Å². The number of hydrogen-bond acceptors (Lipinski definition) is 17. The average molecular weight is 1590 g/mol. The average Bonchev–Trinajstić information content (AvgIpc) is 1.21. The highest BCUT2D eigenvalue weighted by atomic mass is 16.6. The molecule has 0 unspecified atom stereocenters. The normalized spacial score (nSPS) is 16.0. The van der Waals surface area contributed by atoms with Crippen LogP contribution in [0.5, 0.6) is 0 Å². The molecule has 6 amide bonds. The number of imidazole rings is 1. The molecule has 114 heavy (non-hydrogen) atoms. The van der Waals surface area contributed by atoms with Crippen LogP contribution in [0.1, 0.15) is 244 Å². The topological polar surface area (TPSA) is 343 Å². The number of ketones is 4. The van der Waals surface area contributed by atoms with Gasteiger partial charge in [0.15, 0.2) is 23.1 Å². The second-order valence-corrected chi connectivity index (χ2v) is 35.6. The van der Waals surface area contributed by atoms with E-state index in [2.05, 4.69) is 26.6 Å². The number of nitrogens with zero attached hydrogens (tertiary/aromatic N) is 3. The summed E-state index contributed by atoms with van der Waals surface area (Å²) in [4.78, 5) is 178. The lowest BCUT2D eigenvalue weighted by Gasteiger charge is -2.39. The molecule has 1 saturated heterocycles. The molecule has 5 rings (SSSR count). The summed E-state index contributed by atoms with van der Waals surface area (Å²) in [7, 11) is 0. The van der Waals surface area contributed by atoms with Crippen molar-refractivity contribution in [2.45, 2.75) is 287 Å². The molecule has 2 heterocycles. The van der Waals surface area contributed by atoms with Gasteiger partial charge < -0.3 is 60.1 Å². The number of carboxylic acid groups (broad SMARTS) is 1. The Morgan fingerprint density at radius 2 is 1.04 bits per heavy atom. The van der Waals surface area contributed by atoms with Crippen molar-refractivity contribution in [3.63, 3.8) is 0 Å². The van der Waals surface area contributed by atoms with E-state index >= 15 is 9.59 Å². The van der Waals surface area contributed by atoms with Gasteiger partial charge in [-0.25, -0.2) is 14.6 Å². The van der Waals surface area contributed by atoms with Crippen LogP contribution in [-0.4, -0.2) is 169 Å². The van der Waals surface area contributed by atoms with E-state index in [4.69, 9.17) is 23.9 Å². The van der Waals surface area contributed by atoms with Gasteiger partial charge in [0.05, 0.1) is 66.7 Å². The van der Waals surface area contributed by atoms with Crippen molar-refractivity contribution in [1.29, 1.82) is 0 Å². The lowest BCUT2D eigenvalue weighted by Crippen LogP contribution is -2.51. The quantitative estimate of drug-likeness (QED) is 0.0136. The molecular weight excluding hydrogens is 1450 g/mol. The number of unbranched alkanes of at least 4 members (excludes halogenated alkanes) is 1. The molecule has 630 valence electrons. The molecular formula is C89H132N8O17. The summed E-state index contributed by atoms with van der Waals surface area (Å²) < 4.78 is 25.2. The first kappa shape index (κ1) is 95.6. The lowest BCUT2D eigenvalue weighted by atomic mass is 9.76. The van der Waals surface area contributed by atoms with Crippen molar-refractivity contribution in [1.82, 2.24) is 41.0 Å². The molecule has 1 aliphatic heterocycles. The first-order chi connectivity index (χ1) is 53.2. The molecule has 0 spiro atoms. The van der Waals surface area contributed by atoms with E-state index in [1.165, 1.54) is 6.92 Å². The summed E-state index contributed by atoms with van der Waals surface area (Å²) in [5.41, 5.74) is -1.49. The molecule has 0 aliphatic carbocycles. The van der Waals surface area contributed by atoms with Crippen molar-refractivity contribution < 1.29 is 81.6 Å². The fraction of sp³-hybridized carbons (Fsp3) is 0.629. The van der Waals surface area contributed by atoms with Crippen LogP contribution in [0.2, 0.25) is 0 Å². The van der Waals surface area contributed by atoms with E-state index in [9.17, 15) is 53.1 Å². The second kappa shape index (κ2) is 43.7. The minimum atomic E-state index is -1.54. The number of esters is 1. The number of likely N-dealkylation sites (tertiary alicyclic amines) is 1. The van der Waals surface area contributed by atoms with Crippen molar-refractivity contribution >= 4 is 70.7 Å². The highest BCUT2D eigenvalue weighted by Gasteiger charge is 2.44. The summed E-state index contributed by atoms with van der Waals surface area (Å²) in [6.45, 7) is 35.4. The van der Waals surface area contributed by atoms with Crippen LogP contribution in [-0.2, 0) is 83.6 Å². The Kier molecular flexibility index (Phi) is 36.6. The zero-order valence-corrected chi connectivity index (χ0v) is 71.4. The van der Waals surface area contributed by atoms with Gasteiger partial charge in [-0.15, -0.1) is 0 Å². The van der Waals surface area contributed by atoms with Crippen LogP contribution >= 0.6 is 0 Å². The number of amides is 6. The maximum atomic E-state index is 15.7. The van der Waals surface area contributed by atoms with Gasteiger partial charge in [0, 0.05) is 81.3 Å². The van der Waals surface area contributed by atoms with Crippen LogP contribution in [0, 0.1) is 47.3 Å². The third kappa shape index (κ3) is 30.3. The van der Waals surface area contributed by atoms with Gasteiger partial charge in [0.2, 0.25) is 29.5 Å². The Morgan fingerprint density at radius 1 is 0.544 bits per heavy atom. The van der Waals surface area contributed by atoms with E-state index in [0.29, 0.717) is 44.3 Å². The number of aromatic nitrogens is 2. The third-order valence-electron chi connectivity index (χ3n) is 20.2. The number of hydrogen-bond donors (Lipinski definition) is 6. The van der Waals surface area contributed by atoms with Crippen LogP contribution in [0.4, 0.5) is 4.79 Å². The highest BCUT2D eigenvalue weighted by Crippen LogP contribution is 2.42. The molecule has 1 fully saturated rings. The van der Waals surface area contributed by atoms with E-state index in [0.717, 1.165) is 16.7 Å². The first-order valence-electron chi connectivity index (χ1n) is 40.8. The predicted octanol–water partition coefficient (Wildman–Crippen LogP) is 12.4. The largest absolute Gasteiger partial charge is 0.480 e. The third-order valence-corrected chi connectivity index (χ3v) is 20.2. The van der Waals surface area contributed by atoms with Crippen LogP contribution < -0.4 is 26.6 Å². The Balaban J connectivity index is 1.50. The molecule has 0 saturated carbocycles. The number of nitrogens with one attached hydrogen (secondary N) is 5. The number of aliphatic carboxylic acids is 1. The Bertz CT molecular complexity index is 3730. The number of Topliss-reactive ketones (excluding diaryl/α,β-unsaturated/α-hetero) is 4. The minimum absolute atomic E-state index is 0.0438. The fourth-order valence-corrected chi connectivity index (χ4v) is 14.4. The number of carbonyl (C=O) groups excluding carboxylic acids is 11. The smallest absolute Gasteiger partial charge is 0.407 e. The van der Waals surface area contributed by atoms with Crippen LogP contribution in [0.3, 0.4) is 0 Å². The first-order valence-corrected chi connectivity index (χ1v) is 40.8. The zero-order chi connectivity index (χ0) is 85.2. The fourth-order valence-electron chi connectivity index (χ4n) is 14.4. The van der Waals surface area contributed by atoms with E-state index < -0.39 is 166 Å². The maximum absolute atomic E-state index is 15.7. The van der Waals surface area contributed by atoms with Crippen molar-refractivity contribution in [3.8, 4) is 0 Å². The molecule has 4 aromatic rings. The van der Waals surface area contributed by atoms with E-state index in [1.54, 1.807) is 114 Å². The number of carboxylic acids is 1. The second-order valence-electron chi connectivity index (χ2n) is 35.6. The minimum Gasteiger partial charge on any atom is -0.480 e. The number of benzene rings is 3. The number of rotatable bonds is 45. The van der Waals surface area contributed by atoms with Crippen molar-refractivity contribution in [2.75, 3.05) is 26.3 Å². The molecule has 1 aromatic heterocycles. The highest BCUT2D eigenvalue weighted by molar-refractivity contribution is 5.98. The molecule has 6 N–H and O–H groups in total. The van der Waals surface area contributed by atoms with Crippen LogP contribution in [0.15, 0.2) is 104 Å². The van der Waals surface area contributed by atoms with Gasteiger partial charge in [-0.05, 0) is 169 Å². The Labute approximate surface area is 676 Å². The van der Waals surface area contributed by atoms with Crippen molar-refractivity contribution in [2.24, 2.45) is 47.3 Å². The van der Waals surface area contributed by atoms with E-state index in [1.807, 2.05) is 130 Å². The summed E-state index contributed by atoms with van der Waals surface area (Å²) in [5, 5.41) is 24.4. The summed E-state index contributed by atoms with van der Waals surface area (Å²) >= 11 is 0. The van der Waals surface area contributed by atoms with Gasteiger partial charge in [-0.3, -0.25) is 47.9 Å². The predicted molar refractivity (Wildman–Crippen MR) is 436 cm³/mol. The van der Waals surface area contributed by atoms with Gasteiger partial charge in [0.25, 0.3) is 0 Å². The maximum Gasteiger partial charge on any atom is 0.407 e. The van der Waals surface area contributed by atoms with Crippen molar-refractivity contribution in [3.05, 3.63) is 126 Å². The lowest BCUT2D eigenvalue weighted by molar-refractivity contribution is -0.155. The number of ether oxygens (including phenoxy) is 4. The number of carbonyl (C=O) groups is 12. The Morgan fingerprint density at radius 3 is 1.52 bits per heavy atom. The summed E-state index contributed by atoms with van der Waals surface area (Å²) in [6, 6.07) is 23.0. The summed E-state index contributed by atoms with van der Waals surface area (Å²) in [6.07, 6.45) is 2.86. The summed E-state index contributed by atoms with van der Waals surface area (Å²) in [5.74, 6) is -12.7. The molecule has 10 atom stereocenters. The zero-order valence-electron chi connectivity index (χ0n) is 71.4. The molecule has 0 radical (unpaired) electrons. The molecule has 25 nitrogen and oxygen atoms in total. The monoisotopic (exact) mass is 1580 g/mol.